The molecular formula is C24H28F6N4O8. The minimum atomic E-state index is -5.08. The van der Waals surface area contributed by atoms with Crippen molar-refractivity contribution in [3.8, 4) is 0 Å². The molecule has 2 amide bonds. The van der Waals surface area contributed by atoms with E-state index in [0.717, 1.165) is 22.3 Å². The standard InChI is InChI=1S/C20H26N4O4.2C2HF3O2/c21-9-13-1-5-15(6-2-13)11-23-19(27)17(25)18(26)20(28)24-12-16-7-3-14(10-22)4-8-16;2*3-2(4,5)1(6)7/h1-8,17-18,25-26H,9-12,21-22H2,(H,23,27)(H,24,28);2*(H,6,7)/t17-,18-;;/m0../s1. The number of carboxylic acid groups (broad SMARTS) is 2. The van der Waals surface area contributed by atoms with Gasteiger partial charge in [-0.3, -0.25) is 9.59 Å². The topological polar surface area (TPSA) is 225 Å². The highest BCUT2D eigenvalue weighted by atomic mass is 19.4. The van der Waals surface area contributed by atoms with E-state index < -0.39 is 48.3 Å². The number of rotatable bonds is 9. The Balaban J connectivity index is 0.000000990. The Labute approximate surface area is 233 Å². The van der Waals surface area contributed by atoms with Gasteiger partial charge >= 0.3 is 24.3 Å². The monoisotopic (exact) mass is 614 g/mol. The maximum absolute atomic E-state index is 12.0. The molecule has 0 aromatic heterocycles. The summed E-state index contributed by atoms with van der Waals surface area (Å²) in [4.78, 5) is 41.8. The Morgan fingerprint density at radius 3 is 1.00 bits per heavy atom. The van der Waals surface area contributed by atoms with E-state index in [9.17, 15) is 46.1 Å². The molecule has 0 fully saturated rings. The molecule has 42 heavy (non-hydrogen) atoms. The molecule has 2 aromatic rings. The van der Waals surface area contributed by atoms with E-state index in [4.69, 9.17) is 31.3 Å². The molecule has 0 aliphatic heterocycles. The summed E-state index contributed by atoms with van der Waals surface area (Å²) in [5, 5.41) is 39.1. The first kappa shape index (κ1) is 37.7. The van der Waals surface area contributed by atoms with Crippen molar-refractivity contribution in [3.05, 3.63) is 70.8 Å². The van der Waals surface area contributed by atoms with Gasteiger partial charge in [0.2, 0.25) is 0 Å². The van der Waals surface area contributed by atoms with Crippen LogP contribution in [0.5, 0.6) is 0 Å². The summed E-state index contributed by atoms with van der Waals surface area (Å²) in [5.41, 5.74) is 14.6. The third kappa shape index (κ3) is 14.9. The van der Waals surface area contributed by atoms with Gasteiger partial charge in [0.15, 0.2) is 12.2 Å². The summed E-state index contributed by atoms with van der Waals surface area (Å²) in [7, 11) is 0. The van der Waals surface area contributed by atoms with Gasteiger partial charge in [-0.2, -0.15) is 26.3 Å². The molecule has 2 atom stereocenters. The van der Waals surface area contributed by atoms with Crippen molar-refractivity contribution in [1.82, 2.24) is 10.6 Å². The highest BCUT2D eigenvalue weighted by Crippen LogP contribution is 2.13. The number of carbonyl (C=O) groups excluding carboxylic acids is 2. The van der Waals surface area contributed by atoms with Crippen molar-refractivity contribution in [1.29, 1.82) is 0 Å². The normalized spacial score (nSPS) is 12.3. The molecule has 0 heterocycles. The van der Waals surface area contributed by atoms with Gasteiger partial charge in [0.1, 0.15) is 0 Å². The summed E-state index contributed by atoms with van der Waals surface area (Å²) in [6.45, 7) is 1.15. The molecule has 0 unspecified atom stereocenters. The van der Waals surface area contributed by atoms with Crippen LogP contribution in [-0.4, -0.2) is 68.7 Å². The number of aliphatic carboxylic acids is 2. The van der Waals surface area contributed by atoms with E-state index in [-0.39, 0.29) is 13.1 Å². The number of carbonyl (C=O) groups is 4. The van der Waals surface area contributed by atoms with Crippen LogP contribution in [0, 0.1) is 0 Å². The summed E-state index contributed by atoms with van der Waals surface area (Å²) in [5.74, 6) is -7.18. The number of aliphatic hydroxyl groups is 2. The first-order valence-corrected chi connectivity index (χ1v) is 11.4. The third-order valence-electron chi connectivity index (χ3n) is 4.77. The number of aliphatic hydroxyl groups excluding tert-OH is 2. The number of alkyl halides is 6. The Morgan fingerprint density at radius 1 is 0.595 bits per heavy atom. The second-order valence-corrected chi connectivity index (χ2v) is 7.97. The van der Waals surface area contributed by atoms with Gasteiger partial charge in [-0.15, -0.1) is 0 Å². The Kier molecular flexibility index (Phi) is 15.8. The van der Waals surface area contributed by atoms with E-state index in [1.165, 1.54) is 0 Å². The minimum absolute atomic E-state index is 0.155. The molecule has 0 aliphatic carbocycles. The van der Waals surface area contributed by atoms with Crippen LogP contribution in [0.4, 0.5) is 26.3 Å². The largest absolute Gasteiger partial charge is 0.490 e. The van der Waals surface area contributed by atoms with Gasteiger partial charge in [0, 0.05) is 26.2 Å². The van der Waals surface area contributed by atoms with E-state index in [0.29, 0.717) is 13.1 Å². The van der Waals surface area contributed by atoms with Gasteiger partial charge < -0.3 is 42.5 Å². The third-order valence-corrected chi connectivity index (χ3v) is 4.77. The average Bonchev–Trinajstić information content (AvgIpc) is 2.93. The molecule has 2 rings (SSSR count). The van der Waals surface area contributed by atoms with Crippen molar-refractivity contribution in [2.75, 3.05) is 0 Å². The van der Waals surface area contributed by atoms with E-state index >= 15 is 0 Å². The van der Waals surface area contributed by atoms with Gasteiger partial charge in [-0.05, 0) is 22.3 Å². The lowest BCUT2D eigenvalue weighted by atomic mass is 10.1. The van der Waals surface area contributed by atoms with E-state index in [1.807, 2.05) is 24.3 Å². The van der Waals surface area contributed by atoms with E-state index in [1.54, 1.807) is 24.3 Å². The maximum atomic E-state index is 12.0. The number of hydrogen-bond acceptors (Lipinski definition) is 8. The van der Waals surface area contributed by atoms with Gasteiger partial charge in [-0.1, -0.05) is 48.5 Å². The fourth-order valence-corrected chi connectivity index (χ4v) is 2.46. The van der Waals surface area contributed by atoms with Crippen molar-refractivity contribution < 1.29 is 65.9 Å². The van der Waals surface area contributed by atoms with Crippen molar-refractivity contribution in [2.24, 2.45) is 11.5 Å². The summed E-state index contributed by atoms with van der Waals surface area (Å²) >= 11 is 0. The lowest BCUT2D eigenvalue weighted by Crippen LogP contribution is -2.49. The molecule has 0 saturated heterocycles. The predicted molar refractivity (Wildman–Crippen MR) is 132 cm³/mol. The molecule has 10 N–H and O–H groups in total. The fourth-order valence-electron chi connectivity index (χ4n) is 2.46. The zero-order chi connectivity index (χ0) is 32.7. The molecule has 0 bridgehead atoms. The molecule has 0 aliphatic rings. The van der Waals surface area contributed by atoms with Crippen LogP contribution in [0.2, 0.25) is 0 Å². The van der Waals surface area contributed by atoms with Crippen LogP contribution >= 0.6 is 0 Å². The molecule has 0 radical (unpaired) electrons. The number of hydrogen-bond donors (Lipinski definition) is 8. The quantitative estimate of drug-likeness (QED) is 0.183. The highest BCUT2D eigenvalue weighted by Gasteiger charge is 2.39. The zero-order valence-corrected chi connectivity index (χ0v) is 21.4. The fraction of sp³-hybridized carbons (Fsp3) is 0.333. The second kappa shape index (κ2) is 17.5. The molecule has 18 heteroatoms. The van der Waals surface area contributed by atoms with Crippen LogP contribution in [0.1, 0.15) is 22.3 Å². The number of nitrogens with two attached hydrogens (primary N) is 2. The first-order chi connectivity index (χ1) is 19.3. The van der Waals surface area contributed by atoms with Crippen LogP contribution in [-0.2, 0) is 45.4 Å². The van der Waals surface area contributed by atoms with Gasteiger partial charge in [0.05, 0.1) is 0 Å². The summed E-state index contributed by atoms with van der Waals surface area (Å²) < 4.78 is 63.5. The second-order valence-electron chi connectivity index (χ2n) is 7.97. The molecule has 0 saturated carbocycles. The van der Waals surface area contributed by atoms with Crippen molar-refractivity contribution >= 4 is 23.8 Å². The van der Waals surface area contributed by atoms with Gasteiger partial charge in [-0.25, -0.2) is 9.59 Å². The SMILES string of the molecule is NCc1ccc(CNC(=O)[C@@H](O)[C@H](O)C(=O)NCc2ccc(CN)cc2)cc1.O=C(O)C(F)(F)F.O=C(O)C(F)(F)F. The maximum Gasteiger partial charge on any atom is 0.490 e. The molecule has 2 aromatic carbocycles. The van der Waals surface area contributed by atoms with Crippen molar-refractivity contribution in [2.45, 2.75) is 50.7 Å². The minimum Gasteiger partial charge on any atom is -0.475 e. The number of halogens is 6. The molecule has 0 spiro atoms. The number of carboxylic acids is 2. The smallest absolute Gasteiger partial charge is 0.475 e. The zero-order valence-electron chi connectivity index (χ0n) is 21.4. The number of benzene rings is 2. The Hall–Kier alpha value is -4.26. The van der Waals surface area contributed by atoms with E-state index in [2.05, 4.69) is 10.6 Å². The predicted octanol–water partition coefficient (Wildman–Crippen LogP) is 0.525. The average molecular weight is 614 g/mol. The molecule has 234 valence electrons. The molecular weight excluding hydrogens is 586 g/mol. The van der Waals surface area contributed by atoms with Crippen LogP contribution in [0.3, 0.4) is 0 Å². The summed E-state index contributed by atoms with van der Waals surface area (Å²) in [6.07, 6.45) is -13.9. The van der Waals surface area contributed by atoms with Crippen molar-refractivity contribution in [3.63, 3.8) is 0 Å². The number of nitrogens with one attached hydrogen (secondary N) is 2. The van der Waals surface area contributed by atoms with Crippen LogP contribution in [0.25, 0.3) is 0 Å². The lowest BCUT2D eigenvalue weighted by Gasteiger charge is -2.17. The van der Waals surface area contributed by atoms with Gasteiger partial charge in [0.25, 0.3) is 11.8 Å². The Morgan fingerprint density at radius 2 is 0.810 bits per heavy atom. The Bertz CT molecular complexity index is 1070. The van der Waals surface area contributed by atoms with Crippen LogP contribution < -0.4 is 22.1 Å². The molecule has 12 nitrogen and oxygen atoms in total. The van der Waals surface area contributed by atoms with Crippen LogP contribution in [0.15, 0.2) is 48.5 Å². The number of amides is 2. The first-order valence-electron chi connectivity index (χ1n) is 11.4. The summed E-state index contributed by atoms with van der Waals surface area (Å²) in [6, 6.07) is 14.5. The highest BCUT2D eigenvalue weighted by molar-refractivity contribution is 5.90. The lowest BCUT2D eigenvalue weighted by molar-refractivity contribution is -0.193.